The Morgan fingerprint density at radius 2 is 2.04 bits per heavy atom. The fourth-order valence-corrected chi connectivity index (χ4v) is 4.80. The van der Waals surface area contributed by atoms with Gasteiger partial charge >= 0.3 is 0 Å². The fraction of sp³-hybridized carbons (Fsp3) is 0.364. The number of rotatable bonds is 7. The van der Waals surface area contributed by atoms with Gasteiger partial charge in [-0.15, -0.1) is 0 Å². The highest BCUT2D eigenvalue weighted by molar-refractivity contribution is 6.18. The molecule has 1 amide bonds. The van der Waals surface area contributed by atoms with Crippen molar-refractivity contribution in [1.82, 2.24) is 15.2 Å². The van der Waals surface area contributed by atoms with E-state index in [0.29, 0.717) is 25.2 Å². The maximum absolute atomic E-state index is 13.6. The monoisotopic (exact) mass is 377 g/mol. The minimum atomic E-state index is -1.32. The van der Waals surface area contributed by atoms with Gasteiger partial charge in [0.05, 0.1) is 0 Å². The summed E-state index contributed by atoms with van der Waals surface area (Å²) in [6, 6.07) is 13.5. The number of carbonyl (C=O) groups excluding carboxylic acids is 2. The Morgan fingerprint density at radius 3 is 2.75 bits per heavy atom. The van der Waals surface area contributed by atoms with E-state index in [4.69, 9.17) is 5.73 Å². The van der Waals surface area contributed by atoms with Crippen LogP contribution < -0.4 is 11.1 Å². The van der Waals surface area contributed by atoms with Gasteiger partial charge in [-0.1, -0.05) is 30.3 Å². The van der Waals surface area contributed by atoms with E-state index in [0.717, 1.165) is 18.5 Å². The van der Waals surface area contributed by atoms with Crippen molar-refractivity contribution in [2.24, 2.45) is 17.6 Å². The van der Waals surface area contributed by atoms with E-state index in [1.54, 1.807) is 18.3 Å². The molecule has 28 heavy (non-hydrogen) atoms. The molecule has 3 atom stereocenters. The third-order valence-electron chi connectivity index (χ3n) is 6.05. The number of fused-ring (bicyclic) bond motifs is 1. The summed E-state index contributed by atoms with van der Waals surface area (Å²) < 4.78 is 0. The van der Waals surface area contributed by atoms with Crippen molar-refractivity contribution < 1.29 is 9.59 Å². The van der Waals surface area contributed by atoms with Crippen molar-refractivity contribution in [3.8, 4) is 0 Å². The summed E-state index contributed by atoms with van der Waals surface area (Å²) in [5.74, 6) is -0.666. The van der Waals surface area contributed by atoms with Crippen LogP contribution in [-0.2, 0) is 4.79 Å². The summed E-state index contributed by atoms with van der Waals surface area (Å²) in [5, 5.41) is 3.33. The van der Waals surface area contributed by atoms with Crippen LogP contribution in [0, 0.1) is 18.3 Å². The number of nitrogens with one attached hydrogen (secondary N) is 1. The van der Waals surface area contributed by atoms with Crippen molar-refractivity contribution in [2.45, 2.75) is 12.0 Å². The van der Waals surface area contributed by atoms with Gasteiger partial charge in [0.1, 0.15) is 0 Å². The summed E-state index contributed by atoms with van der Waals surface area (Å²) >= 11 is 0. The molecule has 2 fully saturated rings. The SMILES string of the molecule is NC(=O)[C@@]1(C(=O)c2cccnc2)[C@@H]2CNCC2CN1CC[CH]c1ccccc1. The summed E-state index contributed by atoms with van der Waals surface area (Å²) in [4.78, 5) is 32.5. The zero-order chi connectivity index (χ0) is 19.6. The van der Waals surface area contributed by atoms with Crippen LogP contribution in [0.5, 0.6) is 0 Å². The van der Waals surface area contributed by atoms with Gasteiger partial charge in [-0.3, -0.25) is 19.5 Å². The number of aromatic nitrogens is 1. The molecule has 0 spiro atoms. The lowest BCUT2D eigenvalue weighted by Gasteiger charge is -2.38. The van der Waals surface area contributed by atoms with Crippen LogP contribution >= 0.6 is 0 Å². The first-order valence-electron chi connectivity index (χ1n) is 9.72. The number of ketones is 1. The molecule has 6 heteroatoms. The number of carbonyl (C=O) groups is 2. The van der Waals surface area contributed by atoms with Gasteiger partial charge in [0, 0.05) is 43.5 Å². The quantitative estimate of drug-likeness (QED) is 0.561. The molecule has 145 valence electrons. The molecule has 1 unspecified atom stereocenters. The summed E-state index contributed by atoms with van der Waals surface area (Å²) in [6.07, 6.45) is 6.02. The zero-order valence-corrected chi connectivity index (χ0v) is 15.8. The van der Waals surface area contributed by atoms with Crippen molar-refractivity contribution in [1.29, 1.82) is 0 Å². The summed E-state index contributed by atoms with van der Waals surface area (Å²) in [6.45, 7) is 2.73. The van der Waals surface area contributed by atoms with Crippen molar-refractivity contribution in [2.75, 3.05) is 26.2 Å². The topological polar surface area (TPSA) is 88.3 Å². The molecule has 1 aromatic carbocycles. The highest BCUT2D eigenvalue weighted by Gasteiger charge is 2.63. The lowest BCUT2D eigenvalue weighted by atomic mass is 9.76. The molecule has 6 nitrogen and oxygen atoms in total. The highest BCUT2D eigenvalue weighted by Crippen LogP contribution is 2.43. The second kappa shape index (κ2) is 7.81. The highest BCUT2D eigenvalue weighted by atomic mass is 16.2. The maximum atomic E-state index is 13.6. The Balaban J connectivity index is 1.62. The molecule has 3 heterocycles. The first-order valence-corrected chi connectivity index (χ1v) is 9.72. The molecule has 0 aliphatic carbocycles. The number of nitrogens with two attached hydrogens (primary N) is 1. The van der Waals surface area contributed by atoms with Crippen LogP contribution in [0.15, 0.2) is 54.9 Å². The molecule has 1 radical (unpaired) electrons. The van der Waals surface area contributed by atoms with E-state index in [-0.39, 0.29) is 17.6 Å². The average molecular weight is 377 g/mol. The third-order valence-corrected chi connectivity index (χ3v) is 6.05. The first-order chi connectivity index (χ1) is 13.6. The zero-order valence-electron chi connectivity index (χ0n) is 15.8. The van der Waals surface area contributed by atoms with Gasteiger partial charge in [-0.25, -0.2) is 0 Å². The summed E-state index contributed by atoms with van der Waals surface area (Å²) in [5.41, 5.74) is 6.19. The summed E-state index contributed by atoms with van der Waals surface area (Å²) in [7, 11) is 0. The lowest BCUT2D eigenvalue weighted by molar-refractivity contribution is -0.127. The molecular weight excluding hydrogens is 352 g/mol. The second-order valence-corrected chi connectivity index (χ2v) is 7.58. The van der Waals surface area contributed by atoms with Gasteiger partial charge in [-0.05, 0) is 43.0 Å². The molecule has 2 aromatic rings. The standard InChI is InChI=1S/C22H25N4O2/c23-21(28)22(20(27)17-9-4-10-24-12-17)19-14-25-13-18(19)15-26(22)11-5-8-16-6-2-1-3-7-16/h1-4,6-10,12,18-19,25H,5,11,13-15H2,(H2,23,28)/t18?,19-,22+/m1/s1. The second-order valence-electron chi connectivity index (χ2n) is 7.58. The molecule has 2 aliphatic heterocycles. The molecular formula is C22H25N4O2. The number of likely N-dealkylation sites (tertiary alicyclic amines) is 1. The van der Waals surface area contributed by atoms with Gasteiger partial charge < -0.3 is 11.1 Å². The van der Waals surface area contributed by atoms with Crippen molar-refractivity contribution in [3.63, 3.8) is 0 Å². The molecule has 1 aromatic heterocycles. The fourth-order valence-electron chi connectivity index (χ4n) is 4.80. The minimum Gasteiger partial charge on any atom is -0.368 e. The number of hydrogen-bond acceptors (Lipinski definition) is 5. The molecule has 2 saturated heterocycles. The van der Waals surface area contributed by atoms with Crippen LogP contribution in [0.1, 0.15) is 22.3 Å². The molecule has 4 rings (SSSR count). The number of amides is 1. The minimum absolute atomic E-state index is 0.116. The number of pyridine rings is 1. The van der Waals surface area contributed by atoms with Crippen molar-refractivity contribution in [3.05, 3.63) is 72.4 Å². The van der Waals surface area contributed by atoms with Gasteiger partial charge in [-0.2, -0.15) is 0 Å². The Hall–Kier alpha value is -2.57. The normalized spacial score (nSPS) is 26.9. The molecule has 0 bridgehead atoms. The molecule has 2 aliphatic rings. The lowest BCUT2D eigenvalue weighted by Crippen LogP contribution is -2.64. The van der Waals surface area contributed by atoms with Crippen LogP contribution in [0.25, 0.3) is 0 Å². The largest absolute Gasteiger partial charge is 0.368 e. The Bertz CT molecular complexity index is 842. The number of Topliss-reactive ketones (excluding diaryl/α,β-unsaturated/α-hetero) is 1. The van der Waals surface area contributed by atoms with Crippen LogP contribution in [-0.4, -0.2) is 53.3 Å². The van der Waals surface area contributed by atoms with Gasteiger partial charge in [0.25, 0.3) is 0 Å². The van der Waals surface area contributed by atoms with E-state index in [2.05, 4.69) is 16.7 Å². The molecule has 0 saturated carbocycles. The van der Waals surface area contributed by atoms with Crippen LogP contribution in [0.4, 0.5) is 0 Å². The third kappa shape index (κ3) is 3.12. The predicted molar refractivity (Wildman–Crippen MR) is 106 cm³/mol. The van der Waals surface area contributed by atoms with Crippen LogP contribution in [0.2, 0.25) is 0 Å². The van der Waals surface area contributed by atoms with Crippen molar-refractivity contribution >= 4 is 11.7 Å². The number of benzene rings is 1. The van der Waals surface area contributed by atoms with E-state index in [1.807, 2.05) is 35.2 Å². The maximum Gasteiger partial charge on any atom is 0.246 e. The van der Waals surface area contributed by atoms with E-state index >= 15 is 0 Å². The van der Waals surface area contributed by atoms with Crippen LogP contribution in [0.3, 0.4) is 0 Å². The Morgan fingerprint density at radius 1 is 1.21 bits per heavy atom. The predicted octanol–water partition coefficient (Wildman–Crippen LogP) is 1.28. The number of primary amides is 1. The average Bonchev–Trinajstić information content (AvgIpc) is 3.29. The number of nitrogens with zero attached hydrogens (tertiary/aromatic N) is 2. The van der Waals surface area contributed by atoms with Gasteiger partial charge in [0.2, 0.25) is 5.91 Å². The Kier molecular flexibility index (Phi) is 5.24. The van der Waals surface area contributed by atoms with Gasteiger partial charge in [0.15, 0.2) is 11.3 Å². The van der Waals surface area contributed by atoms with E-state index in [1.165, 1.54) is 6.20 Å². The number of hydrogen-bond donors (Lipinski definition) is 2. The Labute approximate surface area is 165 Å². The smallest absolute Gasteiger partial charge is 0.246 e. The van der Waals surface area contributed by atoms with E-state index in [9.17, 15) is 9.59 Å². The molecule has 3 N–H and O–H groups in total. The van der Waals surface area contributed by atoms with E-state index < -0.39 is 11.4 Å². The first kappa shape index (κ1) is 18.8.